The maximum Gasteiger partial charge on any atom is 0.433 e. The summed E-state index contributed by atoms with van der Waals surface area (Å²) in [5, 5.41) is 3.99. The zero-order valence-corrected chi connectivity index (χ0v) is 16.1. The zero-order valence-electron chi connectivity index (χ0n) is 16.1. The van der Waals surface area contributed by atoms with Gasteiger partial charge in [0, 0.05) is 24.2 Å². The highest BCUT2D eigenvalue weighted by Crippen LogP contribution is 2.32. The summed E-state index contributed by atoms with van der Waals surface area (Å²) in [6.45, 7) is 4.58. The van der Waals surface area contributed by atoms with Crippen molar-refractivity contribution < 1.29 is 18.0 Å². The molecule has 1 aliphatic heterocycles. The maximum atomic E-state index is 13.7. The van der Waals surface area contributed by atoms with Gasteiger partial charge in [0.2, 0.25) is 0 Å². The predicted octanol–water partition coefficient (Wildman–Crippen LogP) is 4.68. The van der Waals surface area contributed by atoms with Gasteiger partial charge in [-0.1, -0.05) is 37.3 Å². The fourth-order valence-electron chi connectivity index (χ4n) is 3.76. The van der Waals surface area contributed by atoms with Gasteiger partial charge >= 0.3 is 6.18 Å². The van der Waals surface area contributed by atoms with Crippen LogP contribution in [-0.4, -0.2) is 38.0 Å². The van der Waals surface area contributed by atoms with Gasteiger partial charge in [-0.2, -0.15) is 18.3 Å². The lowest BCUT2D eigenvalue weighted by Crippen LogP contribution is -2.45. The van der Waals surface area contributed by atoms with Crippen LogP contribution in [0.4, 0.5) is 13.2 Å². The highest BCUT2D eigenvalue weighted by atomic mass is 19.4. The SMILES string of the molecule is C[C@@H]1CC[C@@H](C)N(C(=O)c2cc3nc(-c4ccccc4)cc(C(F)(F)F)n3n2)C1. The summed E-state index contributed by atoms with van der Waals surface area (Å²) < 4.78 is 41.8. The Bertz CT molecular complexity index is 1050. The smallest absolute Gasteiger partial charge is 0.334 e. The molecule has 0 N–H and O–H groups in total. The van der Waals surface area contributed by atoms with Crippen molar-refractivity contribution >= 4 is 11.6 Å². The quantitative estimate of drug-likeness (QED) is 0.626. The number of aromatic nitrogens is 3. The second-order valence-electron chi connectivity index (χ2n) is 7.68. The Labute approximate surface area is 166 Å². The van der Waals surface area contributed by atoms with Gasteiger partial charge in [-0.05, 0) is 31.7 Å². The first-order valence-corrected chi connectivity index (χ1v) is 9.58. The van der Waals surface area contributed by atoms with E-state index in [1.165, 1.54) is 6.07 Å². The van der Waals surface area contributed by atoms with Gasteiger partial charge < -0.3 is 4.90 Å². The van der Waals surface area contributed by atoms with Gasteiger partial charge in [-0.15, -0.1) is 0 Å². The fourth-order valence-corrected chi connectivity index (χ4v) is 3.76. The van der Waals surface area contributed by atoms with Crippen LogP contribution < -0.4 is 0 Å². The molecule has 2 aromatic heterocycles. The average molecular weight is 402 g/mol. The third-order valence-electron chi connectivity index (χ3n) is 5.38. The van der Waals surface area contributed by atoms with E-state index in [2.05, 4.69) is 17.0 Å². The zero-order chi connectivity index (χ0) is 20.8. The van der Waals surface area contributed by atoms with Crippen LogP contribution in [0.2, 0.25) is 0 Å². The number of likely N-dealkylation sites (tertiary alicyclic amines) is 1. The first kappa shape index (κ1) is 19.4. The number of carbonyl (C=O) groups excluding carboxylic acids is 1. The number of nitrogens with zero attached hydrogens (tertiary/aromatic N) is 4. The van der Waals surface area contributed by atoms with Crippen molar-refractivity contribution in [3.63, 3.8) is 0 Å². The second-order valence-corrected chi connectivity index (χ2v) is 7.68. The molecule has 3 aromatic rings. The third-order valence-corrected chi connectivity index (χ3v) is 5.38. The van der Waals surface area contributed by atoms with E-state index in [-0.39, 0.29) is 29.0 Å². The van der Waals surface area contributed by atoms with E-state index in [1.807, 2.05) is 6.92 Å². The van der Waals surface area contributed by atoms with E-state index < -0.39 is 11.9 Å². The Kier molecular flexibility index (Phi) is 4.80. The Morgan fingerprint density at radius 3 is 2.52 bits per heavy atom. The number of carbonyl (C=O) groups is 1. The summed E-state index contributed by atoms with van der Waals surface area (Å²) in [6, 6.07) is 11.0. The largest absolute Gasteiger partial charge is 0.433 e. The van der Waals surface area contributed by atoms with E-state index in [9.17, 15) is 18.0 Å². The number of halogens is 3. The van der Waals surface area contributed by atoms with E-state index in [0.717, 1.165) is 23.4 Å². The molecule has 1 aliphatic rings. The van der Waals surface area contributed by atoms with Crippen molar-refractivity contribution in [2.24, 2.45) is 5.92 Å². The molecule has 0 bridgehead atoms. The molecular formula is C21H21F3N4O. The van der Waals surface area contributed by atoms with Crippen molar-refractivity contribution in [1.29, 1.82) is 0 Å². The minimum absolute atomic E-state index is 0.000242. The minimum atomic E-state index is -4.63. The molecule has 0 spiro atoms. The molecular weight excluding hydrogens is 381 g/mol. The monoisotopic (exact) mass is 402 g/mol. The number of amides is 1. The van der Waals surface area contributed by atoms with Crippen LogP contribution in [0, 0.1) is 5.92 Å². The molecule has 5 nitrogen and oxygen atoms in total. The number of benzene rings is 1. The van der Waals surface area contributed by atoms with Crippen LogP contribution in [-0.2, 0) is 6.18 Å². The number of hydrogen-bond donors (Lipinski definition) is 0. The molecule has 1 fully saturated rings. The van der Waals surface area contributed by atoms with Gasteiger partial charge in [0.15, 0.2) is 17.0 Å². The molecule has 4 rings (SSSR count). The summed E-state index contributed by atoms with van der Waals surface area (Å²) in [5.74, 6) is -0.00957. The number of piperidine rings is 1. The molecule has 29 heavy (non-hydrogen) atoms. The molecule has 1 aromatic carbocycles. The van der Waals surface area contributed by atoms with Crippen molar-refractivity contribution in [3.8, 4) is 11.3 Å². The molecule has 0 saturated carbocycles. The van der Waals surface area contributed by atoms with Gasteiger partial charge in [-0.25, -0.2) is 9.50 Å². The van der Waals surface area contributed by atoms with Gasteiger partial charge in [0.1, 0.15) is 0 Å². The molecule has 0 unspecified atom stereocenters. The van der Waals surface area contributed by atoms with Crippen molar-refractivity contribution in [1.82, 2.24) is 19.5 Å². The van der Waals surface area contributed by atoms with Crippen LogP contribution in [0.15, 0.2) is 42.5 Å². The number of hydrogen-bond acceptors (Lipinski definition) is 3. The first-order chi connectivity index (χ1) is 13.7. The summed E-state index contributed by atoms with van der Waals surface area (Å²) in [6.07, 6.45) is -2.75. The van der Waals surface area contributed by atoms with Crippen molar-refractivity contribution in [2.75, 3.05) is 6.54 Å². The average Bonchev–Trinajstić information content (AvgIpc) is 3.12. The maximum absolute atomic E-state index is 13.7. The molecule has 3 heterocycles. The van der Waals surface area contributed by atoms with Gasteiger partial charge in [0.05, 0.1) is 5.69 Å². The van der Waals surface area contributed by atoms with E-state index in [1.54, 1.807) is 35.2 Å². The highest BCUT2D eigenvalue weighted by molar-refractivity contribution is 5.93. The topological polar surface area (TPSA) is 50.5 Å². The molecule has 1 saturated heterocycles. The summed E-state index contributed by atoms with van der Waals surface area (Å²) in [5.41, 5.74) is -0.230. The summed E-state index contributed by atoms with van der Waals surface area (Å²) >= 11 is 0. The number of fused-ring (bicyclic) bond motifs is 1. The molecule has 2 atom stereocenters. The van der Waals surface area contributed by atoms with E-state index in [0.29, 0.717) is 18.0 Å². The molecule has 1 amide bonds. The van der Waals surface area contributed by atoms with Crippen molar-refractivity contribution in [3.05, 3.63) is 53.9 Å². The van der Waals surface area contributed by atoms with Crippen LogP contribution in [0.3, 0.4) is 0 Å². The third kappa shape index (κ3) is 3.71. The number of alkyl halides is 3. The van der Waals surface area contributed by atoms with Crippen molar-refractivity contribution in [2.45, 2.75) is 38.9 Å². The Morgan fingerprint density at radius 2 is 1.83 bits per heavy atom. The highest BCUT2D eigenvalue weighted by Gasteiger charge is 2.36. The van der Waals surface area contributed by atoms with Crippen LogP contribution in [0.1, 0.15) is 42.9 Å². The van der Waals surface area contributed by atoms with Gasteiger partial charge in [0.25, 0.3) is 5.91 Å². The predicted molar refractivity (Wildman–Crippen MR) is 102 cm³/mol. The lowest BCUT2D eigenvalue weighted by Gasteiger charge is -2.36. The van der Waals surface area contributed by atoms with Crippen LogP contribution >= 0.6 is 0 Å². The minimum Gasteiger partial charge on any atom is -0.334 e. The molecule has 0 aliphatic carbocycles. The fraction of sp³-hybridized carbons (Fsp3) is 0.381. The molecule has 0 radical (unpaired) electrons. The Hall–Kier alpha value is -2.90. The Balaban J connectivity index is 1.81. The number of rotatable bonds is 2. The molecule has 8 heteroatoms. The summed E-state index contributed by atoms with van der Waals surface area (Å²) in [4.78, 5) is 19.0. The van der Waals surface area contributed by atoms with Gasteiger partial charge in [-0.3, -0.25) is 4.79 Å². The second kappa shape index (κ2) is 7.17. The molecule has 152 valence electrons. The van der Waals surface area contributed by atoms with E-state index >= 15 is 0 Å². The first-order valence-electron chi connectivity index (χ1n) is 9.58. The van der Waals surface area contributed by atoms with E-state index in [4.69, 9.17) is 0 Å². The lowest BCUT2D eigenvalue weighted by molar-refractivity contribution is -0.142. The normalized spacial score (nSPS) is 20.2. The lowest BCUT2D eigenvalue weighted by atomic mass is 9.95. The Morgan fingerprint density at radius 1 is 1.10 bits per heavy atom. The van der Waals surface area contributed by atoms with Crippen LogP contribution in [0.25, 0.3) is 16.9 Å². The standard InChI is InChI=1S/C21H21F3N4O/c1-13-8-9-14(2)27(12-13)20(29)17-11-19-25-16(15-6-4-3-5-7-15)10-18(21(22,23)24)28(19)26-17/h3-7,10-11,13-14H,8-9,12H2,1-2H3/t13-,14-/m1/s1. The van der Waals surface area contributed by atoms with Crippen LogP contribution in [0.5, 0.6) is 0 Å². The summed E-state index contributed by atoms with van der Waals surface area (Å²) in [7, 11) is 0.